The molecule has 102 valence electrons. The lowest BCUT2D eigenvalue weighted by atomic mass is 10.1. The zero-order chi connectivity index (χ0) is 14.8. The second-order valence-electron chi connectivity index (χ2n) is 4.28. The topological polar surface area (TPSA) is 87.6 Å². The number of ether oxygens (including phenoxy) is 1. The third kappa shape index (κ3) is 2.40. The van der Waals surface area contributed by atoms with Gasteiger partial charge in [0.05, 0.1) is 17.3 Å². The Hall–Kier alpha value is -3.33. The van der Waals surface area contributed by atoms with Crippen molar-refractivity contribution in [1.29, 1.82) is 5.26 Å². The fraction of sp³-hybridized carbons (Fsp3) is 0. The minimum Gasteiger partial charge on any atom is -0.449 e. The van der Waals surface area contributed by atoms with Crippen LogP contribution >= 0.6 is 0 Å². The largest absolute Gasteiger partial charge is 0.512 e. The van der Waals surface area contributed by atoms with Crippen LogP contribution in [0.15, 0.2) is 48.7 Å². The summed E-state index contributed by atoms with van der Waals surface area (Å²) >= 11 is 0. The van der Waals surface area contributed by atoms with Crippen LogP contribution in [0.3, 0.4) is 0 Å². The number of carboxylic acid groups (broad SMARTS) is 1. The highest BCUT2D eigenvalue weighted by molar-refractivity contribution is 5.65. The molecule has 2 heterocycles. The summed E-state index contributed by atoms with van der Waals surface area (Å²) < 4.78 is 6.27. The van der Waals surface area contributed by atoms with Gasteiger partial charge in [0, 0.05) is 11.8 Å². The average molecular weight is 279 g/mol. The van der Waals surface area contributed by atoms with Gasteiger partial charge in [-0.2, -0.15) is 5.26 Å². The smallest absolute Gasteiger partial charge is 0.449 e. The van der Waals surface area contributed by atoms with Crippen molar-refractivity contribution in [1.82, 2.24) is 9.38 Å². The molecule has 6 heteroatoms. The number of hydrogen-bond donors (Lipinski definition) is 1. The van der Waals surface area contributed by atoms with E-state index in [1.165, 1.54) is 0 Å². The molecule has 1 N–H and O–H groups in total. The maximum atomic E-state index is 10.7. The summed E-state index contributed by atoms with van der Waals surface area (Å²) in [5.41, 5.74) is 2.64. The average Bonchev–Trinajstić information content (AvgIpc) is 2.92. The highest BCUT2D eigenvalue weighted by atomic mass is 16.7. The number of hydrogen-bond acceptors (Lipinski definition) is 4. The second kappa shape index (κ2) is 4.98. The Morgan fingerprint density at radius 1 is 1.24 bits per heavy atom. The molecule has 0 unspecified atom stereocenters. The standard InChI is InChI=1S/C15H9N3O3/c16-8-10-4-6-11(7-5-10)12-9-18-13(17-12)2-1-3-14(18)21-15(19)20/h1-7,9H,(H,19,20). The Bertz CT molecular complexity index is 860. The molecule has 0 atom stereocenters. The molecule has 0 fully saturated rings. The number of rotatable bonds is 2. The van der Waals surface area contributed by atoms with Crippen LogP contribution in [0.4, 0.5) is 4.79 Å². The molecule has 21 heavy (non-hydrogen) atoms. The molecule has 0 bridgehead atoms. The van der Waals surface area contributed by atoms with Crippen LogP contribution in [0.5, 0.6) is 5.88 Å². The van der Waals surface area contributed by atoms with Gasteiger partial charge in [0.2, 0.25) is 5.88 Å². The summed E-state index contributed by atoms with van der Waals surface area (Å²) in [4.78, 5) is 15.1. The van der Waals surface area contributed by atoms with Crippen molar-refractivity contribution in [2.24, 2.45) is 0 Å². The van der Waals surface area contributed by atoms with Crippen molar-refractivity contribution in [2.75, 3.05) is 0 Å². The first kappa shape index (κ1) is 12.7. The summed E-state index contributed by atoms with van der Waals surface area (Å²) in [6.45, 7) is 0. The lowest BCUT2D eigenvalue weighted by Gasteiger charge is -2.01. The van der Waals surface area contributed by atoms with E-state index in [2.05, 4.69) is 11.1 Å². The van der Waals surface area contributed by atoms with Crippen LogP contribution in [0.1, 0.15) is 5.56 Å². The molecule has 3 aromatic rings. The SMILES string of the molecule is N#Cc1ccc(-c2cn3c(OC(=O)O)cccc3n2)cc1. The van der Waals surface area contributed by atoms with Crippen molar-refractivity contribution in [3.05, 3.63) is 54.2 Å². The van der Waals surface area contributed by atoms with Crippen LogP contribution in [0.25, 0.3) is 16.9 Å². The third-order valence-electron chi connectivity index (χ3n) is 2.96. The van der Waals surface area contributed by atoms with Crippen molar-refractivity contribution < 1.29 is 14.6 Å². The fourth-order valence-corrected chi connectivity index (χ4v) is 2.01. The molecule has 0 radical (unpaired) electrons. The Balaban J connectivity index is 2.08. The molecule has 1 aromatic carbocycles. The maximum absolute atomic E-state index is 10.7. The van der Waals surface area contributed by atoms with Crippen LogP contribution in [-0.4, -0.2) is 20.6 Å². The van der Waals surface area contributed by atoms with Gasteiger partial charge in [-0.25, -0.2) is 9.78 Å². The number of carbonyl (C=O) groups is 1. The van der Waals surface area contributed by atoms with Crippen LogP contribution < -0.4 is 4.74 Å². The monoisotopic (exact) mass is 279 g/mol. The number of fused-ring (bicyclic) bond motifs is 1. The molecule has 0 saturated carbocycles. The highest BCUT2D eigenvalue weighted by Gasteiger charge is 2.10. The molecule has 0 saturated heterocycles. The van der Waals surface area contributed by atoms with E-state index in [0.29, 0.717) is 16.9 Å². The Labute approximate surface area is 119 Å². The van der Waals surface area contributed by atoms with Gasteiger partial charge in [-0.15, -0.1) is 0 Å². The normalized spacial score (nSPS) is 10.2. The second-order valence-corrected chi connectivity index (χ2v) is 4.28. The Morgan fingerprint density at radius 2 is 2.00 bits per heavy atom. The van der Waals surface area contributed by atoms with Gasteiger partial charge in [0.15, 0.2) is 0 Å². The molecular weight excluding hydrogens is 270 g/mol. The first-order chi connectivity index (χ1) is 10.2. The summed E-state index contributed by atoms with van der Waals surface area (Å²) in [5.74, 6) is 0.174. The fourth-order valence-electron chi connectivity index (χ4n) is 2.01. The van der Waals surface area contributed by atoms with Gasteiger partial charge in [-0.1, -0.05) is 18.2 Å². The van der Waals surface area contributed by atoms with E-state index in [0.717, 1.165) is 5.56 Å². The van der Waals surface area contributed by atoms with E-state index >= 15 is 0 Å². The number of pyridine rings is 1. The van der Waals surface area contributed by atoms with E-state index in [1.54, 1.807) is 53.1 Å². The predicted octanol–water partition coefficient (Wildman–Crippen LogP) is 2.93. The number of nitriles is 1. The minimum atomic E-state index is -1.38. The molecule has 0 aliphatic rings. The third-order valence-corrected chi connectivity index (χ3v) is 2.96. The van der Waals surface area contributed by atoms with E-state index in [1.807, 2.05) is 0 Å². The molecule has 0 aliphatic heterocycles. The van der Waals surface area contributed by atoms with E-state index in [-0.39, 0.29) is 5.88 Å². The van der Waals surface area contributed by atoms with Crippen molar-refractivity contribution in [3.63, 3.8) is 0 Å². The molecule has 6 nitrogen and oxygen atoms in total. The summed E-state index contributed by atoms with van der Waals surface area (Å²) in [6, 6.07) is 14.0. The zero-order valence-electron chi connectivity index (χ0n) is 10.7. The number of nitrogens with zero attached hydrogens (tertiary/aromatic N) is 3. The summed E-state index contributed by atoms with van der Waals surface area (Å²) in [5, 5.41) is 17.5. The number of imidazole rings is 1. The molecule has 0 amide bonds. The first-order valence-electron chi connectivity index (χ1n) is 6.07. The minimum absolute atomic E-state index is 0.174. The van der Waals surface area contributed by atoms with Gasteiger partial charge < -0.3 is 9.84 Å². The lowest BCUT2D eigenvalue weighted by Crippen LogP contribution is -2.06. The van der Waals surface area contributed by atoms with Gasteiger partial charge in [-0.3, -0.25) is 4.40 Å². The summed E-state index contributed by atoms with van der Waals surface area (Å²) in [7, 11) is 0. The van der Waals surface area contributed by atoms with Crippen molar-refractivity contribution >= 4 is 11.8 Å². The molecule has 2 aromatic heterocycles. The predicted molar refractivity (Wildman–Crippen MR) is 74.0 cm³/mol. The van der Waals surface area contributed by atoms with Crippen molar-refractivity contribution in [2.45, 2.75) is 0 Å². The maximum Gasteiger partial charge on any atom is 0.512 e. The van der Waals surface area contributed by atoms with Crippen LogP contribution in [0, 0.1) is 11.3 Å². The molecule has 0 spiro atoms. The molecule has 3 rings (SSSR count). The molecular formula is C15H9N3O3. The number of benzene rings is 1. The van der Waals surface area contributed by atoms with Gasteiger partial charge in [0.1, 0.15) is 5.65 Å². The summed E-state index contributed by atoms with van der Waals surface area (Å²) in [6.07, 6.45) is 0.311. The van der Waals surface area contributed by atoms with Crippen LogP contribution in [-0.2, 0) is 0 Å². The van der Waals surface area contributed by atoms with Gasteiger partial charge in [-0.05, 0) is 24.3 Å². The number of aromatic nitrogens is 2. The van der Waals surface area contributed by atoms with E-state index in [9.17, 15) is 4.79 Å². The highest BCUT2D eigenvalue weighted by Crippen LogP contribution is 2.23. The lowest BCUT2D eigenvalue weighted by molar-refractivity contribution is 0.142. The van der Waals surface area contributed by atoms with Gasteiger partial charge >= 0.3 is 6.16 Å². The Morgan fingerprint density at radius 3 is 2.67 bits per heavy atom. The zero-order valence-corrected chi connectivity index (χ0v) is 10.7. The van der Waals surface area contributed by atoms with Gasteiger partial charge in [0.25, 0.3) is 0 Å². The van der Waals surface area contributed by atoms with E-state index in [4.69, 9.17) is 15.1 Å². The molecule has 0 aliphatic carbocycles. The van der Waals surface area contributed by atoms with Crippen LogP contribution in [0.2, 0.25) is 0 Å². The quantitative estimate of drug-likeness (QED) is 0.729. The van der Waals surface area contributed by atoms with E-state index < -0.39 is 6.16 Å². The Kier molecular flexibility index (Phi) is 3.01. The van der Waals surface area contributed by atoms with Crippen molar-refractivity contribution in [3.8, 4) is 23.2 Å². The first-order valence-corrected chi connectivity index (χ1v) is 6.07.